The van der Waals surface area contributed by atoms with Crippen molar-refractivity contribution in [2.24, 2.45) is 0 Å². The molecule has 0 bridgehead atoms. The summed E-state index contributed by atoms with van der Waals surface area (Å²) < 4.78 is 0. The molecule has 6 heteroatoms. The van der Waals surface area contributed by atoms with Crippen molar-refractivity contribution < 1.29 is 4.92 Å². The molecule has 20 heavy (non-hydrogen) atoms. The first kappa shape index (κ1) is 14.6. The van der Waals surface area contributed by atoms with Gasteiger partial charge in [-0.1, -0.05) is 0 Å². The molecule has 0 atom stereocenters. The van der Waals surface area contributed by atoms with Gasteiger partial charge in [0.05, 0.1) is 10.6 Å². The van der Waals surface area contributed by atoms with E-state index < -0.39 is 0 Å². The Balaban J connectivity index is 2.09. The summed E-state index contributed by atoms with van der Waals surface area (Å²) in [6, 6.07) is 2.09. The smallest absolute Gasteiger partial charge is 0.278 e. The Kier molecular flexibility index (Phi) is 4.46. The molecule has 0 radical (unpaired) electrons. The molecule has 2 rings (SSSR count). The Hall–Kier alpha value is -1.79. The van der Waals surface area contributed by atoms with E-state index in [1.165, 1.54) is 10.4 Å². The largest absolute Gasteiger partial charge is 0.306 e. The molecule has 0 aliphatic carbocycles. The van der Waals surface area contributed by atoms with Crippen molar-refractivity contribution >= 4 is 17.0 Å². The summed E-state index contributed by atoms with van der Waals surface area (Å²) in [7, 11) is 0. The minimum absolute atomic E-state index is 0.170. The van der Waals surface area contributed by atoms with E-state index in [9.17, 15) is 10.1 Å². The van der Waals surface area contributed by atoms with Crippen LogP contribution in [0, 0.1) is 30.9 Å². The van der Waals surface area contributed by atoms with E-state index >= 15 is 0 Å². The van der Waals surface area contributed by atoms with Crippen molar-refractivity contribution in [3.05, 3.63) is 55.0 Å². The van der Waals surface area contributed by atoms with Crippen LogP contribution in [0.4, 0.5) is 5.69 Å². The van der Waals surface area contributed by atoms with Crippen LogP contribution >= 0.6 is 11.3 Å². The van der Waals surface area contributed by atoms with Gasteiger partial charge in [-0.15, -0.1) is 11.3 Å². The third-order valence-electron chi connectivity index (χ3n) is 3.30. The van der Waals surface area contributed by atoms with Gasteiger partial charge in [-0.05, 0) is 37.8 Å². The van der Waals surface area contributed by atoms with E-state index in [0.29, 0.717) is 17.7 Å². The first-order chi connectivity index (χ1) is 9.50. The van der Waals surface area contributed by atoms with Crippen LogP contribution in [0.1, 0.15) is 27.3 Å². The second-order valence-electron chi connectivity index (χ2n) is 4.75. The molecule has 106 valence electrons. The number of thiophene rings is 1. The van der Waals surface area contributed by atoms with Crippen LogP contribution in [0.25, 0.3) is 0 Å². The summed E-state index contributed by atoms with van der Waals surface area (Å²) in [5.74, 6) is 0. The average molecular weight is 291 g/mol. The SMILES string of the molecule is Cc1ccsc1CNCc1ncc(C)c([N+](=O)[O-])c1C. The van der Waals surface area contributed by atoms with Crippen LogP contribution in [-0.2, 0) is 13.1 Å². The Labute approximate surface area is 121 Å². The van der Waals surface area contributed by atoms with E-state index in [4.69, 9.17) is 0 Å². The second-order valence-corrected chi connectivity index (χ2v) is 5.75. The van der Waals surface area contributed by atoms with Crippen molar-refractivity contribution in [1.82, 2.24) is 10.3 Å². The predicted molar refractivity (Wildman–Crippen MR) is 80.0 cm³/mol. The summed E-state index contributed by atoms with van der Waals surface area (Å²) in [4.78, 5) is 16.3. The van der Waals surface area contributed by atoms with Gasteiger partial charge in [-0.3, -0.25) is 15.1 Å². The number of pyridine rings is 1. The van der Waals surface area contributed by atoms with E-state index in [2.05, 4.69) is 28.7 Å². The van der Waals surface area contributed by atoms with Gasteiger partial charge in [0, 0.05) is 35.3 Å². The lowest BCUT2D eigenvalue weighted by Gasteiger charge is -2.08. The van der Waals surface area contributed by atoms with Gasteiger partial charge < -0.3 is 5.32 Å². The molecule has 5 nitrogen and oxygen atoms in total. The molecule has 0 amide bonds. The normalized spacial score (nSPS) is 10.8. The van der Waals surface area contributed by atoms with Gasteiger partial charge in [-0.25, -0.2) is 0 Å². The van der Waals surface area contributed by atoms with Crippen LogP contribution in [0.3, 0.4) is 0 Å². The highest BCUT2D eigenvalue weighted by atomic mass is 32.1. The van der Waals surface area contributed by atoms with E-state index in [-0.39, 0.29) is 10.6 Å². The molecule has 0 saturated heterocycles. The number of nitrogens with one attached hydrogen (secondary N) is 1. The van der Waals surface area contributed by atoms with Gasteiger partial charge in [0.25, 0.3) is 5.69 Å². The third-order valence-corrected chi connectivity index (χ3v) is 4.33. The maximum absolute atomic E-state index is 11.1. The van der Waals surface area contributed by atoms with Crippen LogP contribution < -0.4 is 5.32 Å². The van der Waals surface area contributed by atoms with Gasteiger partial charge in [-0.2, -0.15) is 0 Å². The molecule has 0 unspecified atom stereocenters. The molecule has 0 aliphatic rings. The molecule has 2 heterocycles. The summed E-state index contributed by atoms with van der Waals surface area (Å²) in [5, 5.41) is 16.4. The van der Waals surface area contributed by atoms with Crippen molar-refractivity contribution in [2.75, 3.05) is 0 Å². The lowest BCUT2D eigenvalue weighted by molar-refractivity contribution is -0.386. The summed E-state index contributed by atoms with van der Waals surface area (Å²) in [6.45, 7) is 6.83. The number of hydrogen-bond donors (Lipinski definition) is 1. The number of aryl methyl sites for hydroxylation is 2. The van der Waals surface area contributed by atoms with Gasteiger partial charge >= 0.3 is 0 Å². The Morgan fingerprint density at radius 1 is 1.30 bits per heavy atom. The summed E-state index contributed by atoms with van der Waals surface area (Å²) >= 11 is 1.71. The molecule has 0 saturated carbocycles. The zero-order valence-corrected chi connectivity index (χ0v) is 12.6. The summed E-state index contributed by atoms with van der Waals surface area (Å²) in [5.41, 5.74) is 3.42. The molecule has 2 aromatic heterocycles. The predicted octanol–water partition coefficient (Wildman–Crippen LogP) is 3.27. The van der Waals surface area contributed by atoms with E-state index in [1.807, 2.05) is 0 Å². The zero-order chi connectivity index (χ0) is 14.7. The third kappa shape index (κ3) is 3.02. The Morgan fingerprint density at radius 3 is 2.65 bits per heavy atom. The summed E-state index contributed by atoms with van der Waals surface area (Å²) in [6.07, 6.45) is 1.57. The minimum atomic E-state index is -0.334. The Morgan fingerprint density at radius 2 is 2.05 bits per heavy atom. The number of aromatic nitrogens is 1. The molecule has 1 N–H and O–H groups in total. The average Bonchev–Trinajstić information content (AvgIpc) is 2.78. The van der Waals surface area contributed by atoms with E-state index in [0.717, 1.165) is 12.2 Å². The second kappa shape index (κ2) is 6.11. The highest BCUT2D eigenvalue weighted by Crippen LogP contribution is 2.24. The first-order valence-corrected chi connectivity index (χ1v) is 7.21. The van der Waals surface area contributed by atoms with E-state index in [1.54, 1.807) is 31.4 Å². The fourth-order valence-electron chi connectivity index (χ4n) is 2.10. The number of nitrogens with zero attached hydrogens (tertiary/aromatic N) is 2. The maximum atomic E-state index is 11.1. The standard InChI is InChI=1S/C14H17N3O2S/c1-9-4-5-20-13(9)8-15-7-12-11(3)14(17(18)19)10(2)6-16-12/h4-6,15H,7-8H2,1-3H3. The number of nitro groups is 1. The number of hydrogen-bond acceptors (Lipinski definition) is 5. The molecule has 2 aromatic rings. The lowest BCUT2D eigenvalue weighted by Crippen LogP contribution is -2.15. The molecular weight excluding hydrogens is 274 g/mol. The fraction of sp³-hybridized carbons (Fsp3) is 0.357. The monoisotopic (exact) mass is 291 g/mol. The van der Waals surface area contributed by atoms with Gasteiger partial charge in [0.15, 0.2) is 0 Å². The fourth-order valence-corrected chi connectivity index (χ4v) is 2.98. The van der Waals surface area contributed by atoms with Crippen LogP contribution in [-0.4, -0.2) is 9.91 Å². The van der Waals surface area contributed by atoms with Crippen LogP contribution in [0.15, 0.2) is 17.6 Å². The highest BCUT2D eigenvalue weighted by Gasteiger charge is 2.18. The van der Waals surface area contributed by atoms with Crippen molar-refractivity contribution in [3.8, 4) is 0 Å². The van der Waals surface area contributed by atoms with Crippen LogP contribution in [0.2, 0.25) is 0 Å². The number of rotatable bonds is 5. The minimum Gasteiger partial charge on any atom is -0.306 e. The first-order valence-electron chi connectivity index (χ1n) is 6.34. The Bertz CT molecular complexity index is 637. The lowest BCUT2D eigenvalue weighted by atomic mass is 10.1. The quantitative estimate of drug-likeness (QED) is 0.678. The highest BCUT2D eigenvalue weighted by molar-refractivity contribution is 7.10. The van der Waals surface area contributed by atoms with Gasteiger partial charge in [0.2, 0.25) is 0 Å². The van der Waals surface area contributed by atoms with Gasteiger partial charge in [0.1, 0.15) is 0 Å². The van der Waals surface area contributed by atoms with Crippen LogP contribution in [0.5, 0.6) is 0 Å². The van der Waals surface area contributed by atoms with Crippen molar-refractivity contribution in [2.45, 2.75) is 33.9 Å². The molecule has 0 aromatic carbocycles. The molecule has 0 spiro atoms. The zero-order valence-electron chi connectivity index (χ0n) is 11.8. The van der Waals surface area contributed by atoms with Crippen molar-refractivity contribution in [3.63, 3.8) is 0 Å². The molecule has 0 fully saturated rings. The topological polar surface area (TPSA) is 68.1 Å². The maximum Gasteiger partial charge on any atom is 0.278 e. The molecular formula is C14H17N3O2S. The molecule has 0 aliphatic heterocycles. The van der Waals surface area contributed by atoms with Crippen molar-refractivity contribution in [1.29, 1.82) is 0 Å².